The molecule has 0 saturated carbocycles. The highest BCUT2D eigenvalue weighted by Crippen LogP contribution is 2.22. The Kier molecular flexibility index (Phi) is 6.32. The Labute approximate surface area is 125 Å². The molecule has 0 aromatic heterocycles. The van der Waals surface area contributed by atoms with E-state index in [1.54, 1.807) is 24.3 Å². The van der Waals surface area contributed by atoms with Crippen molar-refractivity contribution in [1.29, 1.82) is 10.5 Å². The van der Waals surface area contributed by atoms with Gasteiger partial charge in [-0.25, -0.2) is 8.42 Å². The van der Waals surface area contributed by atoms with Gasteiger partial charge in [0.25, 0.3) is 0 Å². The van der Waals surface area contributed by atoms with Crippen LogP contribution in [0, 0.1) is 22.7 Å². The Hall–Kier alpha value is -1.93. The molecule has 1 rings (SSSR count). The standard InChI is InChI=1S/C14H18N4O2S/c1-3-14(17-2)12-5-4-6-13(11-12)21(19,20)18(9-7-15)10-8-16/h4-6,11,14,17H,3,9-10H2,1-2H3. The third-order valence-corrected chi connectivity index (χ3v) is 4.94. The van der Waals surface area contributed by atoms with Crippen molar-refractivity contribution in [2.45, 2.75) is 24.3 Å². The number of nitriles is 2. The summed E-state index contributed by atoms with van der Waals surface area (Å²) in [6.07, 6.45) is 0.820. The van der Waals surface area contributed by atoms with E-state index in [0.717, 1.165) is 16.3 Å². The molecule has 0 heterocycles. The van der Waals surface area contributed by atoms with Crippen molar-refractivity contribution in [3.05, 3.63) is 29.8 Å². The number of benzene rings is 1. The van der Waals surface area contributed by atoms with E-state index < -0.39 is 10.0 Å². The Balaban J connectivity index is 3.23. The molecule has 21 heavy (non-hydrogen) atoms. The highest BCUT2D eigenvalue weighted by molar-refractivity contribution is 7.89. The summed E-state index contributed by atoms with van der Waals surface area (Å²) in [5.41, 5.74) is 0.856. The van der Waals surface area contributed by atoms with Gasteiger partial charge in [0, 0.05) is 6.04 Å². The first-order valence-electron chi connectivity index (χ1n) is 6.52. The zero-order valence-corrected chi connectivity index (χ0v) is 12.9. The van der Waals surface area contributed by atoms with E-state index in [1.165, 1.54) is 6.07 Å². The molecule has 0 aliphatic carbocycles. The molecule has 0 fully saturated rings. The molecule has 6 nitrogen and oxygen atoms in total. The number of nitrogens with zero attached hydrogens (tertiary/aromatic N) is 3. The minimum Gasteiger partial charge on any atom is -0.313 e. The predicted octanol–water partition coefficient (Wildman–Crippen LogP) is 1.39. The van der Waals surface area contributed by atoms with Crippen LogP contribution in [0.25, 0.3) is 0 Å². The molecule has 112 valence electrons. The van der Waals surface area contributed by atoms with Gasteiger partial charge in [-0.1, -0.05) is 19.1 Å². The van der Waals surface area contributed by atoms with Crippen molar-refractivity contribution in [3.63, 3.8) is 0 Å². The van der Waals surface area contributed by atoms with Crippen LogP contribution in [0.2, 0.25) is 0 Å². The summed E-state index contributed by atoms with van der Waals surface area (Å²) in [4.78, 5) is 0.0965. The van der Waals surface area contributed by atoms with Crippen molar-refractivity contribution in [2.75, 3.05) is 20.1 Å². The third-order valence-electron chi connectivity index (χ3n) is 3.15. The number of nitrogens with one attached hydrogen (secondary N) is 1. The topological polar surface area (TPSA) is 97.0 Å². The first-order valence-corrected chi connectivity index (χ1v) is 7.96. The van der Waals surface area contributed by atoms with Crippen LogP contribution in [0.15, 0.2) is 29.2 Å². The average molecular weight is 306 g/mol. The maximum Gasteiger partial charge on any atom is 0.244 e. The second kappa shape index (κ2) is 7.75. The summed E-state index contributed by atoms with van der Waals surface area (Å²) in [6.45, 7) is 1.31. The van der Waals surface area contributed by atoms with E-state index in [4.69, 9.17) is 10.5 Å². The number of hydrogen-bond acceptors (Lipinski definition) is 5. The van der Waals surface area contributed by atoms with Crippen molar-refractivity contribution >= 4 is 10.0 Å². The molecule has 0 saturated heterocycles. The molecule has 1 N–H and O–H groups in total. The van der Waals surface area contributed by atoms with Crippen LogP contribution in [0.1, 0.15) is 24.9 Å². The molecule has 0 bridgehead atoms. The van der Waals surface area contributed by atoms with Crippen LogP contribution in [0.3, 0.4) is 0 Å². The van der Waals surface area contributed by atoms with Crippen LogP contribution in [0.5, 0.6) is 0 Å². The Morgan fingerprint density at radius 3 is 2.38 bits per heavy atom. The molecular weight excluding hydrogens is 288 g/mol. The SMILES string of the molecule is CCC(NC)c1cccc(S(=O)(=O)N(CC#N)CC#N)c1. The lowest BCUT2D eigenvalue weighted by atomic mass is 10.1. The summed E-state index contributed by atoms with van der Waals surface area (Å²) < 4.78 is 25.8. The van der Waals surface area contributed by atoms with Gasteiger partial charge < -0.3 is 5.32 Å². The van der Waals surface area contributed by atoms with Crippen LogP contribution in [0.4, 0.5) is 0 Å². The fourth-order valence-electron chi connectivity index (χ4n) is 2.03. The molecule has 1 aromatic carbocycles. The average Bonchev–Trinajstić information content (AvgIpc) is 2.48. The Morgan fingerprint density at radius 1 is 1.29 bits per heavy atom. The van der Waals surface area contributed by atoms with Gasteiger partial charge in [-0.3, -0.25) is 0 Å². The smallest absolute Gasteiger partial charge is 0.244 e. The largest absolute Gasteiger partial charge is 0.313 e. The van der Waals surface area contributed by atoms with Gasteiger partial charge in [-0.15, -0.1) is 0 Å². The molecule has 0 amide bonds. The minimum absolute atomic E-state index is 0.0560. The zero-order chi connectivity index (χ0) is 15.9. The second-order valence-electron chi connectivity index (χ2n) is 4.41. The van der Waals surface area contributed by atoms with E-state index in [9.17, 15) is 8.42 Å². The summed E-state index contributed by atoms with van der Waals surface area (Å²) >= 11 is 0. The number of rotatable bonds is 7. The highest BCUT2D eigenvalue weighted by Gasteiger charge is 2.24. The normalized spacial score (nSPS) is 12.6. The first-order chi connectivity index (χ1) is 10.0. The van der Waals surface area contributed by atoms with Gasteiger partial charge in [0.15, 0.2) is 0 Å². The monoisotopic (exact) mass is 306 g/mol. The summed E-state index contributed by atoms with van der Waals surface area (Å²) in [6, 6.07) is 10.2. The van der Waals surface area contributed by atoms with Crippen LogP contribution in [-0.4, -0.2) is 32.9 Å². The maximum absolute atomic E-state index is 12.5. The lowest BCUT2D eigenvalue weighted by Gasteiger charge is -2.18. The second-order valence-corrected chi connectivity index (χ2v) is 6.35. The van der Waals surface area contributed by atoms with Gasteiger partial charge in [0.1, 0.15) is 13.1 Å². The lowest BCUT2D eigenvalue weighted by molar-refractivity contribution is 0.479. The summed E-state index contributed by atoms with van der Waals surface area (Å²) in [7, 11) is -2.02. The van der Waals surface area contributed by atoms with E-state index >= 15 is 0 Å². The fourth-order valence-corrected chi connectivity index (χ4v) is 3.32. The van der Waals surface area contributed by atoms with Crippen molar-refractivity contribution in [1.82, 2.24) is 9.62 Å². The maximum atomic E-state index is 12.5. The molecule has 7 heteroatoms. The molecule has 0 aliphatic rings. The molecule has 0 spiro atoms. The van der Waals surface area contributed by atoms with Crippen LogP contribution < -0.4 is 5.32 Å². The van der Waals surface area contributed by atoms with Gasteiger partial charge in [-0.2, -0.15) is 14.8 Å². The van der Waals surface area contributed by atoms with Crippen LogP contribution >= 0.6 is 0 Å². The van der Waals surface area contributed by atoms with E-state index in [-0.39, 0.29) is 24.0 Å². The molecule has 0 radical (unpaired) electrons. The summed E-state index contributed by atoms with van der Waals surface area (Å²) in [5, 5.41) is 20.5. The predicted molar refractivity (Wildman–Crippen MR) is 78.5 cm³/mol. The van der Waals surface area contributed by atoms with E-state index in [0.29, 0.717) is 0 Å². The minimum atomic E-state index is -3.84. The Morgan fingerprint density at radius 2 is 1.90 bits per heavy atom. The van der Waals surface area contributed by atoms with Gasteiger partial charge in [0.05, 0.1) is 17.0 Å². The fraction of sp³-hybridized carbons (Fsp3) is 0.429. The molecule has 0 aliphatic heterocycles. The number of hydrogen-bond donors (Lipinski definition) is 1. The third kappa shape index (κ3) is 4.02. The van der Waals surface area contributed by atoms with E-state index in [2.05, 4.69) is 5.32 Å². The van der Waals surface area contributed by atoms with Crippen molar-refractivity contribution in [2.24, 2.45) is 0 Å². The van der Waals surface area contributed by atoms with Crippen LogP contribution in [-0.2, 0) is 10.0 Å². The lowest BCUT2D eigenvalue weighted by Crippen LogP contribution is -2.32. The molecular formula is C14H18N4O2S. The van der Waals surface area contributed by atoms with Crippen molar-refractivity contribution < 1.29 is 8.42 Å². The van der Waals surface area contributed by atoms with Gasteiger partial charge >= 0.3 is 0 Å². The molecule has 1 unspecified atom stereocenters. The van der Waals surface area contributed by atoms with Gasteiger partial charge in [0.2, 0.25) is 10.0 Å². The van der Waals surface area contributed by atoms with Gasteiger partial charge in [-0.05, 0) is 31.2 Å². The van der Waals surface area contributed by atoms with Crippen molar-refractivity contribution in [3.8, 4) is 12.1 Å². The summed E-state index contributed by atoms with van der Waals surface area (Å²) in [5.74, 6) is 0. The highest BCUT2D eigenvalue weighted by atomic mass is 32.2. The quantitative estimate of drug-likeness (QED) is 0.768. The van der Waals surface area contributed by atoms with E-state index in [1.807, 2.05) is 20.0 Å². The molecule has 1 atom stereocenters. The first kappa shape index (κ1) is 17.1. The number of sulfonamides is 1. The zero-order valence-electron chi connectivity index (χ0n) is 12.1. The Bertz CT molecular complexity index is 638. The molecule has 1 aromatic rings.